The fourth-order valence-corrected chi connectivity index (χ4v) is 4.17. The van der Waals surface area contributed by atoms with E-state index >= 15 is 0 Å². The van der Waals surface area contributed by atoms with Gasteiger partial charge in [-0.2, -0.15) is 12.8 Å². The Balaban J connectivity index is 1.81. The maximum atomic E-state index is 12.9. The van der Waals surface area contributed by atoms with Gasteiger partial charge in [-0.25, -0.2) is 0 Å². The van der Waals surface area contributed by atoms with Crippen LogP contribution in [0.25, 0.3) is 0 Å². The second kappa shape index (κ2) is 8.08. The number of phenolic OH excluding ortho intramolecular Hbond substituents is 1. The maximum absolute atomic E-state index is 12.9. The van der Waals surface area contributed by atoms with Crippen molar-refractivity contribution in [3.05, 3.63) is 106 Å². The fraction of sp³-hybridized carbons (Fsp3) is 0. The standard InChI is InChI=1S/C22H15N3O6S/c26-16-10-8-14(9-11-16)23-21-13-20(18-6-1-2-7-19(18)22(21)27)24-32(30,31)17-5-3-4-15(12-17)25(28)29/h1-13,23,26H. The van der Waals surface area contributed by atoms with Gasteiger partial charge in [-0.05, 0) is 36.4 Å². The number of nitro benzene ring substituents is 1. The van der Waals surface area contributed by atoms with Crippen LogP contribution >= 0.6 is 0 Å². The number of rotatable bonds is 5. The molecule has 1 aliphatic carbocycles. The first-order chi connectivity index (χ1) is 15.2. The Morgan fingerprint density at radius 3 is 2.31 bits per heavy atom. The van der Waals surface area contributed by atoms with Gasteiger partial charge in [0, 0.05) is 28.9 Å². The van der Waals surface area contributed by atoms with Gasteiger partial charge in [0.15, 0.2) is 0 Å². The molecule has 0 spiro atoms. The van der Waals surface area contributed by atoms with Crippen LogP contribution in [0, 0.1) is 10.1 Å². The molecular weight excluding hydrogens is 434 g/mol. The Labute approximate surface area is 182 Å². The lowest BCUT2D eigenvalue weighted by molar-refractivity contribution is -0.385. The third-order valence-corrected chi connectivity index (χ3v) is 5.95. The molecule has 32 heavy (non-hydrogen) atoms. The van der Waals surface area contributed by atoms with Crippen molar-refractivity contribution in [1.82, 2.24) is 0 Å². The quantitative estimate of drug-likeness (QED) is 0.344. The van der Waals surface area contributed by atoms with E-state index in [2.05, 4.69) is 9.71 Å². The number of hydrogen-bond acceptors (Lipinski definition) is 7. The maximum Gasteiger partial charge on any atom is 0.283 e. The highest BCUT2D eigenvalue weighted by atomic mass is 32.2. The van der Waals surface area contributed by atoms with E-state index in [1.165, 1.54) is 36.4 Å². The average Bonchev–Trinajstić information content (AvgIpc) is 2.78. The van der Waals surface area contributed by atoms with Gasteiger partial charge in [0.1, 0.15) is 5.75 Å². The summed E-state index contributed by atoms with van der Waals surface area (Å²) in [6.45, 7) is 0. The van der Waals surface area contributed by atoms with Crippen molar-refractivity contribution >= 4 is 32.9 Å². The van der Waals surface area contributed by atoms with Crippen molar-refractivity contribution in [2.24, 2.45) is 4.40 Å². The zero-order chi connectivity index (χ0) is 22.9. The van der Waals surface area contributed by atoms with E-state index in [0.717, 1.165) is 6.07 Å². The highest BCUT2D eigenvalue weighted by molar-refractivity contribution is 7.90. The molecular formula is C22H15N3O6S. The average molecular weight is 449 g/mol. The number of nitrogens with one attached hydrogen (secondary N) is 1. The molecule has 0 heterocycles. The summed E-state index contributed by atoms with van der Waals surface area (Å²) in [5.74, 6) is -0.310. The van der Waals surface area contributed by atoms with Crippen LogP contribution in [0.5, 0.6) is 5.75 Å². The summed E-state index contributed by atoms with van der Waals surface area (Å²) in [5.41, 5.74) is 0.792. The molecule has 0 aliphatic heterocycles. The van der Waals surface area contributed by atoms with Gasteiger partial charge in [-0.15, -0.1) is 0 Å². The largest absolute Gasteiger partial charge is 0.508 e. The number of nitrogens with zero attached hydrogens (tertiary/aromatic N) is 2. The third kappa shape index (κ3) is 4.12. The molecule has 3 aromatic carbocycles. The molecule has 0 atom stereocenters. The van der Waals surface area contributed by atoms with Gasteiger partial charge in [-0.1, -0.05) is 30.3 Å². The zero-order valence-electron chi connectivity index (χ0n) is 16.3. The predicted molar refractivity (Wildman–Crippen MR) is 117 cm³/mol. The molecule has 2 N–H and O–H groups in total. The lowest BCUT2D eigenvalue weighted by Crippen LogP contribution is -2.22. The Morgan fingerprint density at radius 1 is 0.938 bits per heavy atom. The Kier molecular flexibility index (Phi) is 5.29. The van der Waals surface area contributed by atoms with Crippen LogP contribution in [0.1, 0.15) is 15.9 Å². The monoisotopic (exact) mass is 449 g/mol. The molecule has 0 saturated carbocycles. The molecule has 3 aromatic rings. The number of ketones is 1. The van der Waals surface area contributed by atoms with Gasteiger partial charge in [0.05, 0.1) is 21.2 Å². The van der Waals surface area contributed by atoms with Crippen LogP contribution in [-0.4, -0.2) is 29.9 Å². The number of aromatic hydroxyl groups is 1. The number of phenols is 1. The molecule has 0 fully saturated rings. The molecule has 10 heteroatoms. The van der Waals surface area contributed by atoms with Crippen molar-refractivity contribution in [2.75, 3.05) is 5.32 Å². The van der Waals surface area contributed by atoms with Crippen LogP contribution < -0.4 is 5.32 Å². The van der Waals surface area contributed by atoms with Gasteiger partial charge >= 0.3 is 0 Å². The summed E-state index contributed by atoms with van der Waals surface area (Å²) in [7, 11) is -4.31. The van der Waals surface area contributed by atoms with Crippen LogP contribution in [0.15, 0.2) is 93.9 Å². The molecule has 0 saturated heterocycles. The van der Waals surface area contributed by atoms with Crippen LogP contribution in [0.3, 0.4) is 0 Å². The highest BCUT2D eigenvalue weighted by Crippen LogP contribution is 2.26. The van der Waals surface area contributed by atoms with E-state index in [1.807, 2.05) is 0 Å². The minimum absolute atomic E-state index is 0.00739. The number of Topliss-reactive ketones (excluding diaryl/α,β-unsaturated/α-hetero) is 1. The number of sulfonamides is 1. The predicted octanol–water partition coefficient (Wildman–Crippen LogP) is 3.67. The van der Waals surface area contributed by atoms with E-state index < -0.39 is 14.9 Å². The summed E-state index contributed by atoms with van der Waals surface area (Å²) < 4.78 is 29.7. The molecule has 0 unspecified atom stereocenters. The first-order valence-electron chi connectivity index (χ1n) is 9.26. The number of nitro groups is 1. The number of hydrogen-bond donors (Lipinski definition) is 2. The number of fused-ring (bicyclic) bond motifs is 1. The molecule has 0 radical (unpaired) electrons. The lowest BCUT2D eigenvalue weighted by atomic mass is 9.92. The number of benzene rings is 3. The van der Waals surface area contributed by atoms with Gasteiger partial charge < -0.3 is 10.4 Å². The van der Waals surface area contributed by atoms with Crippen molar-refractivity contribution in [3.8, 4) is 5.75 Å². The van der Waals surface area contributed by atoms with Crippen molar-refractivity contribution < 1.29 is 23.2 Å². The summed E-state index contributed by atoms with van der Waals surface area (Å²) in [5, 5.41) is 23.4. The fourth-order valence-electron chi connectivity index (χ4n) is 3.14. The molecule has 0 bridgehead atoms. The van der Waals surface area contributed by atoms with E-state index in [9.17, 15) is 28.4 Å². The molecule has 0 amide bonds. The second-order valence-corrected chi connectivity index (χ2v) is 8.41. The Bertz CT molecular complexity index is 1410. The lowest BCUT2D eigenvalue weighted by Gasteiger charge is -2.18. The minimum atomic E-state index is -4.31. The number of non-ortho nitro benzene ring substituents is 1. The minimum Gasteiger partial charge on any atom is -0.508 e. The number of carbonyl (C=O) groups excluding carboxylic acids is 1. The van der Waals surface area contributed by atoms with Gasteiger partial charge in [-0.3, -0.25) is 14.9 Å². The Hall–Kier alpha value is -4.31. The highest BCUT2D eigenvalue weighted by Gasteiger charge is 2.26. The first-order valence-corrected chi connectivity index (χ1v) is 10.7. The molecule has 1 aliphatic rings. The number of carbonyl (C=O) groups is 1. The number of anilines is 1. The smallest absolute Gasteiger partial charge is 0.283 e. The van der Waals surface area contributed by atoms with Crippen molar-refractivity contribution in [1.29, 1.82) is 0 Å². The second-order valence-electron chi connectivity index (χ2n) is 6.81. The van der Waals surface area contributed by atoms with Crippen LogP contribution in [0.4, 0.5) is 11.4 Å². The molecule has 160 valence electrons. The SMILES string of the molecule is O=C1C(Nc2ccc(O)cc2)=CC(=NS(=O)(=O)c2cccc([N+](=O)[O-])c2)c2ccccc21. The molecule has 9 nitrogen and oxygen atoms in total. The summed E-state index contributed by atoms with van der Waals surface area (Å²) in [6.07, 6.45) is 1.31. The van der Waals surface area contributed by atoms with Crippen LogP contribution in [0.2, 0.25) is 0 Å². The first kappa shape index (κ1) is 20.9. The van der Waals surface area contributed by atoms with Crippen LogP contribution in [-0.2, 0) is 10.0 Å². The summed E-state index contributed by atoms with van der Waals surface area (Å²) >= 11 is 0. The Morgan fingerprint density at radius 2 is 1.62 bits per heavy atom. The van der Waals surface area contributed by atoms with Crippen molar-refractivity contribution in [2.45, 2.75) is 4.90 Å². The zero-order valence-corrected chi connectivity index (χ0v) is 17.1. The third-order valence-electron chi connectivity index (χ3n) is 4.66. The number of allylic oxidation sites excluding steroid dienone is 2. The summed E-state index contributed by atoms with van der Waals surface area (Å²) in [6, 6.07) is 17.0. The van der Waals surface area contributed by atoms with E-state index in [-0.39, 0.29) is 39.1 Å². The normalized spacial score (nSPS) is 14.6. The van der Waals surface area contributed by atoms with Gasteiger partial charge in [0.2, 0.25) is 5.78 Å². The van der Waals surface area contributed by atoms with E-state index in [4.69, 9.17) is 0 Å². The van der Waals surface area contributed by atoms with E-state index in [0.29, 0.717) is 11.3 Å². The topological polar surface area (TPSA) is 139 Å². The summed E-state index contributed by atoms with van der Waals surface area (Å²) in [4.78, 5) is 22.9. The van der Waals surface area contributed by atoms with E-state index in [1.54, 1.807) is 36.4 Å². The van der Waals surface area contributed by atoms with Gasteiger partial charge in [0.25, 0.3) is 15.7 Å². The van der Waals surface area contributed by atoms with Crippen molar-refractivity contribution in [3.63, 3.8) is 0 Å². The molecule has 0 aromatic heterocycles. The molecule has 4 rings (SSSR count).